The number of aliphatic hydroxyl groups excluding tert-OH is 2. The number of rotatable bonds is 5. The number of phosphoric ester groups is 1. The van der Waals surface area contributed by atoms with Crippen LogP contribution in [0.15, 0.2) is 0 Å². The maximum absolute atomic E-state index is 11.2. The molecule has 1 aliphatic heterocycles. The fraction of sp³-hybridized carbons (Fsp3) is 1.00. The first-order chi connectivity index (χ1) is 8.02. The second-order valence-corrected chi connectivity index (χ2v) is 7.37. The van der Waals surface area contributed by atoms with E-state index in [1.807, 2.05) is 0 Å². The van der Waals surface area contributed by atoms with E-state index < -0.39 is 46.4 Å². The van der Waals surface area contributed by atoms with Crippen molar-refractivity contribution in [1.29, 1.82) is 0 Å². The van der Waals surface area contributed by atoms with Gasteiger partial charge in [0.25, 0.3) is 0 Å². The molecular weight excluding hydrogens is 290 g/mol. The predicted octanol–water partition coefficient (Wildman–Crippen LogP) is -1.19. The molecule has 0 bridgehead atoms. The van der Waals surface area contributed by atoms with Crippen LogP contribution in [0.3, 0.4) is 0 Å². The lowest BCUT2D eigenvalue weighted by Gasteiger charge is -2.22. The van der Waals surface area contributed by atoms with Crippen molar-refractivity contribution in [3.8, 4) is 0 Å². The third-order valence-electron chi connectivity index (χ3n) is 2.25. The van der Waals surface area contributed by atoms with Crippen LogP contribution in [-0.4, -0.2) is 52.8 Å². The molecule has 9 nitrogen and oxygen atoms in total. The average molecular weight is 305 g/mol. The minimum Gasteiger partial charge on any atom is -0.778 e. The lowest BCUT2D eigenvalue weighted by molar-refractivity contribution is -0.190. The van der Waals surface area contributed by atoms with Gasteiger partial charge in [-0.3, -0.25) is 4.52 Å². The summed E-state index contributed by atoms with van der Waals surface area (Å²) in [4.78, 5) is 19.8. The molecule has 0 spiro atoms. The van der Waals surface area contributed by atoms with E-state index in [2.05, 4.69) is 8.83 Å². The van der Waals surface area contributed by atoms with Gasteiger partial charge in [0.15, 0.2) is 0 Å². The Morgan fingerprint density at radius 3 is 2.28 bits per heavy atom. The zero-order valence-electron chi connectivity index (χ0n) is 9.70. The molecule has 1 aliphatic rings. The molecule has 108 valence electrons. The second kappa shape index (κ2) is 5.66. The van der Waals surface area contributed by atoms with E-state index in [1.54, 1.807) is 0 Å². The predicted molar refractivity (Wildman–Crippen MR) is 56.7 cm³/mol. The average Bonchev–Trinajstić information content (AvgIpc) is 2.39. The molecule has 0 amide bonds. The standard InChI is InChI=1S/C7H16O9P2/c1-4-6(8)7(9)5(15-4)3-14-18(12,13)16-17(2,10)11/h4-9H,3H2,1-2H3,(H,10,11)(H,12,13)/p-1. The van der Waals surface area contributed by atoms with Crippen molar-refractivity contribution in [3.63, 3.8) is 0 Å². The molecule has 3 N–H and O–H groups in total. The maximum atomic E-state index is 11.2. The topological polar surface area (TPSA) is 146 Å². The van der Waals surface area contributed by atoms with Gasteiger partial charge in [0.2, 0.25) is 0 Å². The normalized spacial score (nSPS) is 39.2. The van der Waals surface area contributed by atoms with Gasteiger partial charge in [-0.25, -0.2) is 8.88 Å². The first-order valence-corrected chi connectivity index (χ1v) is 8.49. The van der Waals surface area contributed by atoms with Crippen molar-refractivity contribution < 1.29 is 42.7 Å². The van der Waals surface area contributed by atoms with Crippen LogP contribution in [0.5, 0.6) is 0 Å². The third-order valence-corrected chi connectivity index (χ3v) is 4.74. The summed E-state index contributed by atoms with van der Waals surface area (Å²) < 4.78 is 35.2. The summed E-state index contributed by atoms with van der Waals surface area (Å²) in [5, 5.41) is 18.8. The fourth-order valence-corrected chi connectivity index (χ4v) is 3.47. The van der Waals surface area contributed by atoms with E-state index >= 15 is 0 Å². The second-order valence-electron chi connectivity index (χ2n) is 3.98. The minimum absolute atomic E-state index is 0.587. The van der Waals surface area contributed by atoms with Crippen molar-refractivity contribution in [2.24, 2.45) is 0 Å². The van der Waals surface area contributed by atoms with Crippen molar-refractivity contribution in [3.05, 3.63) is 0 Å². The molecule has 1 heterocycles. The number of hydrogen-bond donors (Lipinski definition) is 3. The van der Waals surface area contributed by atoms with Gasteiger partial charge in [-0.15, -0.1) is 0 Å². The Morgan fingerprint density at radius 2 is 1.89 bits per heavy atom. The SMILES string of the molecule is CC1OC(COP(=O)(O)OP(C)(=O)[O-])C(O)C1O. The lowest BCUT2D eigenvalue weighted by atomic mass is 10.1. The zero-order chi connectivity index (χ0) is 14.1. The van der Waals surface area contributed by atoms with Gasteiger partial charge in [-0.2, -0.15) is 0 Å². The number of hydrogen-bond acceptors (Lipinski definition) is 8. The summed E-state index contributed by atoms with van der Waals surface area (Å²) in [5.41, 5.74) is 0. The highest BCUT2D eigenvalue weighted by Crippen LogP contribution is 2.55. The van der Waals surface area contributed by atoms with E-state index in [9.17, 15) is 24.2 Å². The molecule has 0 aromatic heterocycles. The molecule has 6 atom stereocenters. The Hall–Kier alpha value is 0.180. The molecule has 1 saturated heterocycles. The maximum Gasteiger partial charge on any atom is 0.477 e. The van der Waals surface area contributed by atoms with E-state index in [4.69, 9.17) is 9.63 Å². The molecule has 6 unspecified atom stereocenters. The first kappa shape index (κ1) is 16.2. The van der Waals surface area contributed by atoms with E-state index in [-0.39, 0.29) is 0 Å². The van der Waals surface area contributed by atoms with Gasteiger partial charge >= 0.3 is 7.82 Å². The monoisotopic (exact) mass is 305 g/mol. The van der Waals surface area contributed by atoms with Crippen molar-refractivity contribution in [2.75, 3.05) is 13.3 Å². The highest BCUT2D eigenvalue weighted by molar-refractivity contribution is 7.62. The largest absolute Gasteiger partial charge is 0.778 e. The van der Waals surface area contributed by atoms with Gasteiger partial charge < -0.3 is 29.3 Å². The molecule has 0 radical (unpaired) electrons. The lowest BCUT2D eigenvalue weighted by Crippen LogP contribution is -2.33. The van der Waals surface area contributed by atoms with Gasteiger partial charge in [0, 0.05) is 6.66 Å². The minimum atomic E-state index is -4.78. The Morgan fingerprint density at radius 1 is 1.33 bits per heavy atom. The number of ether oxygens (including phenoxy) is 1. The Kier molecular flexibility index (Phi) is 5.11. The van der Waals surface area contributed by atoms with Crippen LogP contribution in [-0.2, 0) is 22.7 Å². The molecule has 11 heteroatoms. The summed E-state index contributed by atoms with van der Waals surface area (Å²) in [5.74, 6) is 0. The Bertz CT molecular complexity index is 379. The molecule has 0 aromatic carbocycles. The smallest absolute Gasteiger partial charge is 0.477 e. The third kappa shape index (κ3) is 4.70. The zero-order valence-corrected chi connectivity index (χ0v) is 11.5. The Balaban J connectivity index is 2.51. The molecular formula is C7H15O9P2-. The van der Waals surface area contributed by atoms with Gasteiger partial charge in [-0.1, -0.05) is 0 Å². The molecule has 0 aliphatic carbocycles. The van der Waals surface area contributed by atoms with Crippen LogP contribution in [0.4, 0.5) is 0 Å². The Labute approximate surface area is 103 Å². The summed E-state index contributed by atoms with van der Waals surface area (Å²) >= 11 is 0. The molecule has 18 heavy (non-hydrogen) atoms. The van der Waals surface area contributed by atoms with Gasteiger partial charge in [-0.05, 0) is 6.92 Å². The van der Waals surface area contributed by atoms with E-state index in [1.165, 1.54) is 6.92 Å². The number of phosphoric acid groups is 1. The molecule has 0 aromatic rings. The van der Waals surface area contributed by atoms with E-state index in [0.717, 1.165) is 0 Å². The van der Waals surface area contributed by atoms with Crippen LogP contribution >= 0.6 is 15.4 Å². The van der Waals surface area contributed by atoms with E-state index in [0.29, 0.717) is 6.66 Å². The van der Waals surface area contributed by atoms with Crippen molar-refractivity contribution in [2.45, 2.75) is 31.3 Å². The highest BCUT2D eigenvalue weighted by Gasteiger charge is 2.41. The highest BCUT2D eigenvalue weighted by atomic mass is 31.3. The van der Waals surface area contributed by atoms with Crippen LogP contribution in [0.1, 0.15) is 6.92 Å². The summed E-state index contributed by atoms with van der Waals surface area (Å²) in [6.07, 6.45) is -4.14. The quantitative estimate of drug-likeness (QED) is 0.534. The molecule has 0 saturated carbocycles. The summed E-state index contributed by atoms with van der Waals surface area (Å²) in [6, 6.07) is 0. The first-order valence-electron chi connectivity index (χ1n) is 5.00. The summed E-state index contributed by atoms with van der Waals surface area (Å²) in [6.45, 7) is 1.53. The molecule has 1 fully saturated rings. The van der Waals surface area contributed by atoms with Crippen LogP contribution < -0.4 is 4.89 Å². The van der Waals surface area contributed by atoms with Crippen molar-refractivity contribution in [1.82, 2.24) is 0 Å². The van der Waals surface area contributed by atoms with Crippen LogP contribution in [0, 0.1) is 0 Å². The van der Waals surface area contributed by atoms with Crippen LogP contribution in [0.25, 0.3) is 0 Å². The fourth-order valence-electron chi connectivity index (χ4n) is 1.45. The number of aliphatic hydroxyl groups is 2. The van der Waals surface area contributed by atoms with Crippen molar-refractivity contribution >= 4 is 15.4 Å². The molecule has 1 rings (SSSR count). The van der Waals surface area contributed by atoms with Gasteiger partial charge in [0.05, 0.1) is 12.7 Å². The summed E-state index contributed by atoms with van der Waals surface area (Å²) in [7, 11) is -9.21. The van der Waals surface area contributed by atoms with Gasteiger partial charge in [0.1, 0.15) is 25.9 Å². The van der Waals surface area contributed by atoms with Crippen LogP contribution in [0.2, 0.25) is 0 Å².